The topological polar surface area (TPSA) is 66.7 Å². The Morgan fingerprint density at radius 1 is 0.969 bits per heavy atom. The van der Waals surface area contributed by atoms with E-state index in [4.69, 9.17) is 0 Å². The summed E-state index contributed by atoms with van der Waals surface area (Å²) in [6, 6.07) is 3.53. The van der Waals surface area contributed by atoms with Crippen LogP contribution in [-0.4, -0.2) is 39.2 Å². The van der Waals surface area contributed by atoms with Crippen molar-refractivity contribution in [2.45, 2.75) is 98.8 Å². The van der Waals surface area contributed by atoms with Crippen LogP contribution < -0.4 is 5.32 Å². The number of nitrogens with one attached hydrogen (secondary N) is 1. The number of imidazole rings is 1. The lowest BCUT2D eigenvalue weighted by molar-refractivity contribution is -0.143. The molecule has 6 heteroatoms. The molecule has 2 amide bonds. The van der Waals surface area contributed by atoms with Gasteiger partial charge in [-0.05, 0) is 32.3 Å². The quantitative estimate of drug-likeness (QED) is 0.398. The fourth-order valence-electron chi connectivity index (χ4n) is 3.64. The van der Waals surface area contributed by atoms with Crippen LogP contribution in [-0.2, 0) is 9.59 Å². The molecular formula is C26H44N4O2. The van der Waals surface area contributed by atoms with Gasteiger partial charge >= 0.3 is 11.8 Å². The van der Waals surface area contributed by atoms with Crippen LogP contribution in [0.1, 0.15) is 97.6 Å². The van der Waals surface area contributed by atoms with Crippen molar-refractivity contribution in [1.29, 1.82) is 0 Å². The number of anilines is 1. The summed E-state index contributed by atoms with van der Waals surface area (Å²) in [5.41, 5.74) is 2.35. The zero-order chi connectivity index (χ0) is 23.8. The molecule has 0 radical (unpaired) electrons. The van der Waals surface area contributed by atoms with Crippen molar-refractivity contribution in [3.8, 4) is 0 Å². The summed E-state index contributed by atoms with van der Waals surface area (Å²) < 4.78 is 1.92. The van der Waals surface area contributed by atoms with E-state index in [1.165, 1.54) is 44.9 Å². The lowest BCUT2D eigenvalue weighted by Gasteiger charge is -2.25. The molecule has 1 fully saturated rings. The van der Waals surface area contributed by atoms with E-state index in [0.717, 1.165) is 30.6 Å². The Labute approximate surface area is 194 Å². The van der Waals surface area contributed by atoms with Crippen molar-refractivity contribution >= 4 is 23.1 Å². The largest absolute Gasteiger partial charge is 0.334 e. The Balaban J connectivity index is 0.000000396. The number of rotatable bonds is 7. The highest BCUT2D eigenvalue weighted by Crippen LogP contribution is 2.14. The van der Waals surface area contributed by atoms with Gasteiger partial charge in [0, 0.05) is 42.9 Å². The number of aryl methyl sites for hydroxylation is 1. The van der Waals surface area contributed by atoms with Crippen molar-refractivity contribution in [3.63, 3.8) is 0 Å². The third-order valence-electron chi connectivity index (χ3n) is 5.50. The van der Waals surface area contributed by atoms with Gasteiger partial charge in [0.05, 0.1) is 0 Å². The highest BCUT2D eigenvalue weighted by atomic mass is 16.2. The summed E-state index contributed by atoms with van der Waals surface area (Å²) in [7, 11) is 0. The molecule has 1 aliphatic rings. The van der Waals surface area contributed by atoms with Crippen molar-refractivity contribution < 1.29 is 9.59 Å². The van der Waals surface area contributed by atoms with E-state index in [2.05, 4.69) is 24.1 Å². The minimum Gasteiger partial charge on any atom is -0.334 e. The van der Waals surface area contributed by atoms with Gasteiger partial charge < -0.3 is 14.6 Å². The van der Waals surface area contributed by atoms with Crippen molar-refractivity contribution in [2.24, 2.45) is 0 Å². The van der Waals surface area contributed by atoms with Gasteiger partial charge in [0.15, 0.2) is 0 Å². The zero-order valence-electron chi connectivity index (χ0n) is 21.0. The molecule has 3 rings (SSSR count). The summed E-state index contributed by atoms with van der Waals surface area (Å²) in [4.78, 5) is 29.9. The van der Waals surface area contributed by atoms with Crippen LogP contribution >= 0.6 is 0 Å². The summed E-state index contributed by atoms with van der Waals surface area (Å²) in [5, 5.41) is 2.66. The van der Waals surface area contributed by atoms with Gasteiger partial charge in [-0.2, -0.15) is 0 Å². The van der Waals surface area contributed by atoms with Gasteiger partial charge in [0.2, 0.25) is 0 Å². The first-order valence-corrected chi connectivity index (χ1v) is 12.6. The first-order valence-electron chi connectivity index (χ1n) is 12.6. The predicted molar refractivity (Wildman–Crippen MR) is 134 cm³/mol. The van der Waals surface area contributed by atoms with E-state index in [-0.39, 0.29) is 0 Å². The first kappa shape index (κ1) is 27.7. The number of hydrogen-bond donors (Lipinski definition) is 1. The van der Waals surface area contributed by atoms with E-state index in [1.807, 2.05) is 31.4 Å². The second-order valence-corrected chi connectivity index (χ2v) is 8.12. The fourth-order valence-corrected chi connectivity index (χ4v) is 3.64. The Kier molecular flexibility index (Phi) is 14.1. The molecule has 2 aromatic heterocycles. The van der Waals surface area contributed by atoms with E-state index in [1.54, 1.807) is 23.2 Å². The molecule has 32 heavy (non-hydrogen) atoms. The number of fused-ring (bicyclic) bond motifs is 1. The average molecular weight is 445 g/mol. The number of piperidine rings is 1. The monoisotopic (exact) mass is 444 g/mol. The number of pyridine rings is 1. The summed E-state index contributed by atoms with van der Waals surface area (Å²) in [6.45, 7) is 11.8. The maximum atomic E-state index is 12.1. The van der Waals surface area contributed by atoms with E-state index >= 15 is 0 Å². The van der Waals surface area contributed by atoms with Gasteiger partial charge in [-0.3, -0.25) is 9.59 Å². The number of aromatic nitrogens is 2. The number of likely N-dealkylation sites (tertiary alicyclic amines) is 1. The van der Waals surface area contributed by atoms with Gasteiger partial charge in [0.1, 0.15) is 5.65 Å². The molecule has 6 nitrogen and oxygen atoms in total. The molecule has 0 aromatic carbocycles. The first-order chi connectivity index (χ1) is 15.6. The Morgan fingerprint density at radius 2 is 1.56 bits per heavy atom. The number of nitrogens with zero attached hydrogens (tertiary/aromatic N) is 3. The minimum absolute atomic E-state index is 0.450. The Hall–Kier alpha value is -2.37. The average Bonchev–Trinajstić information content (AvgIpc) is 3.20. The van der Waals surface area contributed by atoms with Crippen molar-refractivity contribution in [2.75, 3.05) is 18.4 Å². The summed E-state index contributed by atoms with van der Waals surface area (Å²) in [5.74, 6) is -1.03. The van der Waals surface area contributed by atoms with Crippen molar-refractivity contribution in [3.05, 3.63) is 30.2 Å². The highest BCUT2D eigenvalue weighted by Gasteiger charge is 2.23. The maximum absolute atomic E-state index is 12.1. The molecule has 1 saturated heterocycles. The molecule has 1 aliphatic heterocycles. The van der Waals surface area contributed by atoms with Gasteiger partial charge in [-0.25, -0.2) is 4.98 Å². The lowest BCUT2D eigenvalue weighted by Crippen LogP contribution is -2.42. The van der Waals surface area contributed by atoms with Gasteiger partial charge in [-0.1, -0.05) is 72.6 Å². The number of amides is 2. The molecule has 0 bridgehead atoms. The molecular weight excluding hydrogens is 400 g/mol. The number of hydrogen-bond acceptors (Lipinski definition) is 3. The molecule has 180 valence electrons. The minimum atomic E-state index is -0.579. The normalized spacial score (nSPS) is 13.0. The second kappa shape index (κ2) is 16.3. The summed E-state index contributed by atoms with van der Waals surface area (Å²) >= 11 is 0. The van der Waals surface area contributed by atoms with Crippen LogP contribution in [0.15, 0.2) is 24.5 Å². The molecule has 3 heterocycles. The molecule has 0 atom stereocenters. The number of carbonyl (C=O) groups is 2. The van der Waals surface area contributed by atoms with Crippen LogP contribution in [0, 0.1) is 6.92 Å². The van der Waals surface area contributed by atoms with Crippen LogP contribution in [0.2, 0.25) is 0 Å². The molecule has 2 aromatic rings. The second-order valence-electron chi connectivity index (χ2n) is 8.12. The molecule has 0 spiro atoms. The smallest absolute Gasteiger partial charge is 0.313 e. The number of carbonyl (C=O) groups excluding carboxylic acids is 2. The Morgan fingerprint density at radius 3 is 2.16 bits per heavy atom. The van der Waals surface area contributed by atoms with Crippen LogP contribution in [0.3, 0.4) is 0 Å². The molecule has 0 saturated carbocycles. The van der Waals surface area contributed by atoms with E-state index in [9.17, 15) is 9.59 Å². The predicted octanol–water partition coefficient (Wildman–Crippen LogP) is 6.38. The third kappa shape index (κ3) is 9.41. The lowest BCUT2D eigenvalue weighted by atomic mass is 10.1. The fraction of sp³-hybridized carbons (Fsp3) is 0.654. The number of unbranched alkanes of at least 4 members (excludes halogenated alkanes) is 6. The zero-order valence-corrected chi connectivity index (χ0v) is 21.0. The van der Waals surface area contributed by atoms with E-state index in [0.29, 0.717) is 18.8 Å². The molecule has 0 aliphatic carbocycles. The standard InChI is InChI=1S/C15H18N4O2.C9H20.C2H6/c1-11-10-16-13-9-12(5-8-19(11)13)17-14(20)15(21)18-6-3-2-4-7-18;1-3-5-7-9-8-6-4-2;1-2/h5,8-10H,2-4,6-7H2,1H3,(H,17,20);3-9H2,1-2H3;1-2H3. The van der Waals surface area contributed by atoms with Crippen LogP contribution in [0.5, 0.6) is 0 Å². The highest BCUT2D eigenvalue weighted by molar-refractivity contribution is 6.39. The van der Waals surface area contributed by atoms with Gasteiger partial charge in [0.25, 0.3) is 0 Å². The third-order valence-corrected chi connectivity index (χ3v) is 5.50. The SMILES string of the molecule is CC.CCCCCCCCC.Cc1cnc2cc(NC(=O)C(=O)N3CCCCC3)ccn12. The van der Waals surface area contributed by atoms with Gasteiger partial charge in [-0.15, -0.1) is 0 Å². The van der Waals surface area contributed by atoms with Crippen molar-refractivity contribution in [1.82, 2.24) is 14.3 Å². The van der Waals surface area contributed by atoms with Crippen LogP contribution in [0.25, 0.3) is 5.65 Å². The summed E-state index contributed by atoms with van der Waals surface area (Å²) in [6.07, 6.45) is 16.6. The van der Waals surface area contributed by atoms with Crippen LogP contribution in [0.4, 0.5) is 5.69 Å². The molecule has 0 unspecified atom stereocenters. The van der Waals surface area contributed by atoms with E-state index < -0.39 is 11.8 Å². The Bertz CT molecular complexity index is 788. The molecule has 1 N–H and O–H groups in total. The maximum Gasteiger partial charge on any atom is 0.313 e.